The molecule has 0 fully saturated rings. The van der Waals surface area contributed by atoms with Crippen molar-refractivity contribution in [1.29, 1.82) is 0 Å². The lowest BCUT2D eigenvalue weighted by Gasteiger charge is -2.06. The van der Waals surface area contributed by atoms with E-state index >= 15 is 0 Å². The van der Waals surface area contributed by atoms with Gasteiger partial charge in [0.1, 0.15) is 5.52 Å². The van der Waals surface area contributed by atoms with Crippen molar-refractivity contribution < 1.29 is 0 Å². The maximum Gasteiger partial charge on any atom is 0.113 e. The molecule has 3 aromatic rings. The first-order valence-corrected chi connectivity index (χ1v) is 5.82. The molecule has 0 saturated carbocycles. The molecule has 3 heteroatoms. The number of hydrogen-bond donors (Lipinski definition) is 0. The Balaban J connectivity index is 2.15. The molecular weight excluding hydrogens is 222 g/mol. The van der Waals surface area contributed by atoms with E-state index in [0.717, 1.165) is 22.3 Å². The molecule has 1 aromatic heterocycles. The monoisotopic (exact) mass is 235 g/mol. The van der Waals surface area contributed by atoms with E-state index in [-0.39, 0.29) is 0 Å². The molecule has 1 heterocycles. The minimum absolute atomic E-state index is 0.837. The minimum Gasteiger partial charge on any atom is -0.213 e. The highest BCUT2D eigenvalue weighted by molar-refractivity contribution is 5.81. The van der Waals surface area contributed by atoms with Gasteiger partial charge in [-0.2, -0.15) is 0 Å². The topological polar surface area (TPSA) is 30.7 Å². The highest BCUT2D eigenvalue weighted by Gasteiger charge is 2.08. The molecule has 18 heavy (non-hydrogen) atoms. The summed E-state index contributed by atoms with van der Waals surface area (Å²) in [6.07, 6.45) is 0. The third-order valence-electron chi connectivity index (χ3n) is 2.96. The molecule has 0 spiro atoms. The van der Waals surface area contributed by atoms with E-state index in [2.05, 4.69) is 29.9 Å². The molecule has 0 bridgehead atoms. The molecule has 3 nitrogen and oxygen atoms in total. The van der Waals surface area contributed by atoms with E-state index in [1.165, 1.54) is 5.56 Å². The Hall–Kier alpha value is -2.42. The molecule has 0 atom stereocenters. The van der Waals surface area contributed by atoms with Crippen molar-refractivity contribution in [3.8, 4) is 0 Å². The summed E-state index contributed by atoms with van der Waals surface area (Å²) in [5, 5.41) is 8.34. The van der Waals surface area contributed by atoms with Crippen LogP contribution in [0.15, 0.2) is 55.1 Å². The number of fused-ring (bicyclic) bond motifs is 1. The normalized spacial score (nSPS) is 10.7. The van der Waals surface area contributed by atoms with Gasteiger partial charge in [0.2, 0.25) is 0 Å². The lowest BCUT2D eigenvalue weighted by Crippen LogP contribution is -1.99. The van der Waals surface area contributed by atoms with Crippen LogP contribution in [-0.2, 0) is 0 Å². The number of nitrogens with zero attached hydrogens (tertiary/aromatic N) is 3. The Morgan fingerprint density at radius 3 is 2.67 bits per heavy atom. The lowest BCUT2D eigenvalue weighted by atomic mass is 10.1. The van der Waals surface area contributed by atoms with Crippen molar-refractivity contribution in [1.82, 2.24) is 15.0 Å². The summed E-state index contributed by atoms with van der Waals surface area (Å²) in [7, 11) is 0. The SMILES string of the molecule is C=C(c1ccccc1)n1nnc2ccc(C)cc21. The van der Waals surface area contributed by atoms with Crippen molar-refractivity contribution in [3.05, 3.63) is 66.2 Å². The molecule has 3 rings (SSSR count). The highest BCUT2D eigenvalue weighted by atomic mass is 15.4. The van der Waals surface area contributed by atoms with E-state index in [1.54, 1.807) is 4.68 Å². The fraction of sp³-hybridized carbons (Fsp3) is 0.0667. The Morgan fingerprint density at radius 2 is 1.89 bits per heavy atom. The third-order valence-corrected chi connectivity index (χ3v) is 2.96. The summed E-state index contributed by atoms with van der Waals surface area (Å²) in [6, 6.07) is 16.1. The number of benzene rings is 2. The smallest absolute Gasteiger partial charge is 0.113 e. The lowest BCUT2D eigenvalue weighted by molar-refractivity contribution is 0.842. The van der Waals surface area contributed by atoms with Gasteiger partial charge in [-0.05, 0) is 30.2 Å². The summed E-state index contributed by atoms with van der Waals surface area (Å²) in [5.74, 6) is 0. The van der Waals surface area contributed by atoms with Gasteiger partial charge >= 0.3 is 0 Å². The first kappa shape index (κ1) is 10.7. The highest BCUT2D eigenvalue weighted by Crippen LogP contribution is 2.20. The Bertz CT molecular complexity index is 711. The first-order valence-electron chi connectivity index (χ1n) is 5.82. The summed E-state index contributed by atoms with van der Waals surface area (Å²) >= 11 is 0. The van der Waals surface area contributed by atoms with Crippen LogP contribution in [-0.4, -0.2) is 15.0 Å². The molecule has 2 aromatic carbocycles. The van der Waals surface area contributed by atoms with Crippen LogP contribution in [0.5, 0.6) is 0 Å². The number of aromatic nitrogens is 3. The van der Waals surface area contributed by atoms with Crippen LogP contribution < -0.4 is 0 Å². The number of rotatable bonds is 2. The van der Waals surface area contributed by atoms with Crippen LogP contribution >= 0.6 is 0 Å². The molecule has 0 aliphatic heterocycles. The van der Waals surface area contributed by atoms with Gasteiger partial charge in [-0.15, -0.1) is 5.10 Å². The van der Waals surface area contributed by atoms with Gasteiger partial charge in [0.25, 0.3) is 0 Å². The largest absolute Gasteiger partial charge is 0.213 e. The fourth-order valence-electron chi connectivity index (χ4n) is 1.98. The van der Waals surface area contributed by atoms with Crippen LogP contribution in [0.4, 0.5) is 0 Å². The van der Waals surface area contributed by atoms with Crippen molar-refractivity contribution in [2.24, 2.45) is 0 Å². The predicted octanol–water partition coefficient (Wildman–Crippen LogP) is 3.26. The van der Waals surface area contributed by atoms with Crippen LogP contribution in [0.25, 0.3) is 16.7 Å². The van der Waals surface area contributed by atoms with E-state index < -0.39 is 0 Å². The van der Waals surface area contributed by atoms with Crippen LogP contribution in [0.3, 0.4) is 0 Å². The van der Waals surface area contributed by atoms with E-state index in [4.69, 9.17) is 0 Å². The molecule has 0 aliphatic rings. The van der Waals surface area contributed by atoms with E-state index in [0.29, 0.717) is 0 Å². The van der Waals surface area contributed by atoms with Gasteiger partial charge in [0.15, 0.2) is 0 Å². The zero-order valence-electron chi connectivity index (χ0n) is 10.2. The van der Waals surface area contributed by atoms with Crippen LogP contribution in [0, 0.1) is 6.92 Å². The zero-order valence-corrected chi connectivity index (χ0v) is 10.2. The molecule has 0 unspecified atom stereocenters. The standard InChI is InChI=1S/C15H13N3/c1-11-8-9-14-15(10-11)18(17-16-14)12(2)13-6-4-3-5-7-13/h3-10H,2H2,1H3. The average molecular weight is 235 g/mol. The van der Waals surface area contributed by atoms with Crippen LogP contribution in [0.2, 0.25) is 0 Å². The minimum atomic E-state index is 0.837. The number of hydrogen-bond acceptors (Lipinski definition) is 2. The Labute approximate surface area is 105 Å². The molecule has 0 aliphatic carbocycles. The zero-order chi connectivity index (χ0) is 12.5. The second kappa shape index (κ2) is 4.11. The average Bonchev–Trinajstić information content (AvgIpc) is 2.82. The molecule has 0 saturated heterocycles. The van der Waals surface area contributed by atoms with Crippen LogP contribution in [0.1, 0.15) is 11.1 Å². The van der Waals surface area contributed by atoms with Gasteiger partial charge in [-0.3, -0.25) is 0 Å². The maximum absolute atomic E-state index is 4.18. The second-order valence-corrected chi connectivity index (χ2v) is 4.31. The maximum atomic E-state index is 4.18. The predicted molar refractivity (Wildman–Crippen MR) is 73.1 cm³/mol. The fourth-order valence-corrected chi connectivity index (χ4v) is 1.98. The third kappa shape index (κ3) is 1.70. The quantitative estimate of drug-likeness (QED) is 0.682. The Kier molecular flexibility index (Phi) is 2.45. The molecule has 0 amide bonds. The Morgan fingerprint density at radius 1 is 1.11 bits per heavy atom. The molecule has 88 valence electrons. The van der Waals surface area contributed by atoms with Gasteiger partial charge in [0.05, 0.1) is 11.2 Å². The van der Waals surface area contributed by atoms with Crippen molar-refractivity contribution in [2.45, 2.75) is 6.92 Å². The van der Waals surface area contributed by atoms with Gasteiger partial charge in [-0.1, -0.05) is 48.2 Å². The molecular formula is C15H13N3. The summed E-state index contributed by atoms with van der Waals surface area (Å²) in [5.41, 5.74) is 4.95. The summed E-state index contributed by atoms with van der Waals surface area (Å²) < 4.78 is 1.79. The first-order chi connectivity index (χ1) is 8.75. The van der Waals surface area contributed by atoms with E-state index in [9.17, 15) is 0 Å². The second-order valence-electron chi connectivity index (χ2n) is 4.31. The van der Waals surface area contributed by atoms with E-state index in [1.807, 2.05) is 42.5 Å². The molecule has 0 N–H and O–H groups in total. The van der Waals surface area contributed by atoms with Gasteiger partial charge in [-0.25, -0.2) is 4.68 Å². The molecule has 0 radical (unpaired) electrons. The summed E-state index contributed by atoms with van der Waals surface area (Å²) in [4.78, 5) is 0. The summed E-state index contributed by atoms with van der Waals surface area (Å²) in [6.45, 7) is 6.17. The van der Waals surface area contributed by atoms with Gasteiger partial charge < -0.3 is 0 Å². The number of aryl methyl sites for hydroxylation is 1. The van der Waals surface area contributed by atoms with Crippen molar-refractivity contribution >= 4 is 16.7 Å². The van der Waals surface area contributed by atoms with Crippen molar-refractivity contribution in [3.63, 3.8) is 0 Å². The van der Waals surface area contributed by atoms with Crippen molar-refractivity contribution in [2.75, 3.05) is 0 Å². The van der Waals surface area contributed by atoms with Gasteiger partial charge in [0, 0.05) is 0 Å².